The first-order valence-corrected chi connectivity index (χ1v) is 5.74. The molecule has 1 aliphatic heterocycles. The zero-order chi connectivity index (χ0) is 10.5. The average Bonchev–Trinajstić information content (AvgIpc) is 2.71. The summed E-state index contributed by atoms with van der Waals surface area (Å²) in [7, 11) is 2.20. The minimum atomic E-state index is 0.673. The topological polar surface area (TPSA) is 44.0 Å². The van der Waals surface area contributed by atoms with E-state index in [2.05, 4.69) is 27.2 Å². The molecule has 2 heterocycles. The van der Waals surface area contributed by atoms with Crippen molar-refractivity contribution in [1.82, 2.24) is 20.2 Å². The first-order chi connectivity index (χ1) is 7.34. The van der Waals surface area contributed by atoms with Crippen molar-refractivity contribution in [3.05, 3.63) is 18.2 Å². The fourth-order valence-corrected chi connectivity index (χ4v) is 2.17. The van der Waals surface area contributed by atoms with Crippen molar-refractivity contribution in [3.8, 4) is 0 Å². The van der Waals surface area contributed by atoms with Crippen molar-refractivity contribution >= 4 is 0 Å². The van der Waals surface area contributed by atoms with E-state index in [1.165, 1.54) is 31.6 Å². The molecule has 4 nitrogen and oxygen atoms in total. The minimum absolute atomic E-state index is 0.673. The molecule has 0 aliphatic carbocycles. The van der Waals surface area contributed by atoms with Gasteiger partial charge in [-0.3, -0.25) is 0 Å². The second-order valence-corrected chi connectivity index (χ2v) is 4.38. The predicted molar refractivity (Wildman–Crippen MR) is 60.8 cm³/mol. The van der Waals surface area contributed by atoms with Crippen LogP contribution in [0.5, 0.6) is 0 Å². The summed E-state index contributed by atoms with van der Waals surface area (Å²) in [6.07, 6.45) is 7.31. The lowest BCUT2D eigenvalue weighted by atomic mass is 10.1. The lowest BCUT2D eigenvalue weighted by Crippen LogP contribution is -2.44. The summed E-state index contributed by atoms with van der Waals surface area (Å²) >= 11 is 0. The van der Waals surface area contributed by atoms with E-state index in [0.29, 0.717) is 6.04 Å². The highest BCUT2D eigenvalue weighted by molar-refractivity contribution is 4.94. The van der Waals surface area contributed by atoms with Crippen LogP contribution in [0, 0.1) is 0 Å². The molecule has 2 N–H and O–H groups in total. The number of nitrogens with one attached hydrogen (secondary N) is 2. The molecule has 0 aromatic carbocycles. The number of aromatic amines is 1. The van der Waals surface area contributed by atoms with Crippen LogP contribution in [0.3, 0.4) is 0 Å². The highest BCUT2D eigenvalue weighted by Gasteiger charge is 2.15. The van der Waals surface area contributed by atoms with Gasteiger partial charge in [0, 0.05) is 37.4 Å². The summed E-state index contributed by atoms with van der Waals surface area (Å²) in [5.74, 6) is 0. The van der Waals surface area contributed by atoms with E-state index in [4.69, 9.17) is 0 Å². The van der Waals surface area contributed by atoms with Crippen LogP contribution in [0.2, 0.25) is 0 Å². The summed E-state index contributed by atoms with van der Waals surface area (Å²) in [6, 6.07) is 0.673. The molecule has 1 atom stereocenters. The first kappa shape index (κ1) is 10.6. The number of imidazole rings is 1. The Morgan fingerprint density at radius 3 is 3.33 bits per heavy atom. The second-order valence-electron chi connectivity index (χ2n) is 4.38. The highest BCUT2D eigenvalue weighted by atomic mass is 15.1. The summed E-state index contributed by atoms with van der Waals surface area (Å²) in [5, 5.41) is 3.60. The van der Waals surface area contributed by atoms with Crippen molar-refractivity contribution in [1.29, 1.82) is 0 Å². The monoisotopic (exact) mass is 208 g/mol. The standard InChI is InChI=1S/C11H20N4/c1-15-6-2-3-11(8-15)13-5-4-10-7-12-9-14-10/h7,9,11,13H,2-6,8H2,1H3,(H,12,14). The molecular formula is C11H20N4. The summed E-state index contributed by atoms with van der Waals surface area (Å²) in [4.78, 5) is 9.53. The van der Waals surface area contributed by atoms with Crippen LogP contribution in [0.25, 0.3) is 0 Å². The van der Waals surface area contributed by atoms with Crippen LogP contribution in [0.4, 0.5) is 0 Å². The van der Waals surface area contributed by atoms with E-state index >= 15 is 0 Å². The third-order valence-corrected chi connectivity index (χ3v) is 3.01. The van der Waals surface area contributed by atoms with E-state index in [9.17, 15) is 0 Å². The molecule has 1 aromatic rings. The highest BCUT2D eigenvalue weighted by Crippen LogP contribution is 2.07. The molecule has 1 aliphatic rings. The van der Waals surface area contributed by atoms with Gasteiger partial charge in [-0.2, -0.15) is 0 Å². The molecule has 1 saturated heterocycles. The molecule has 0 saturated carbocycles. The average molecular weight is 208 g/mol. The summed E-state index contributed by atoms with van der Waals surface area (Å²) in [5.41, 5.74) is 1.21. The van der Waals surface area contributed by atoms with Crippen LogP contribution in [0.15, 0.2) is 12.5 Å². The predicted octanol–water partition coefficient (Wildman–Crippen LogP) is 0.636. The largest absolute Gasteiger partial charge is 0.348 e. The lowest BCUT2D eigenvalue weighted by molar-refractivity contribution is 0.228. The van der Waals surface area contributed by atoms with Crippen LogP contribution in [-0.4, -0.2) is 47.6 Å². The van der Waals surface area contributed by atoms with Crippen molar-refractivity contribution in [2.45, 2.75) is 25.3 Å². The Labute approximate surface area is 91.1 Å². The van der Waals surface area contributed by atoms with Gasteiger partial charge in [-0.05, 0) is 26.4 Å². The fourth-order valence-electron chi connectivity index (χ4n) is 2.17. The molecule has 0 spiro atoms. The van der Waals surface area contributed by atoms with E-state index < -0.39 is 0 Å². The molecule has 1 fully saturated rings. The van der Waals surface area contributed by atoms with Gasteiger partial charge in [-0.25, -0.2) is 4.98 Å². The Hall–Kier alpha value is -0.870. The van der Waals surface area contributed by atoms with E-state index in [1.54, 1.807) is 6.33 Å². The molecular weight excluding hydrogens is 188 g/mol. The van der Waals surface area contributed by atoms with Gasteiger partial charge in [-0.1, -0.05) is 0 Å². The number of hydrogen-bond acceptors (Lipinski definition) is 3. The lowest BCUT2D eigenvalue weighted by Gasteiger charge is -2.30. The molecule has 0 bridgehead atoms. The molecule has 4 heteroatoms. The van der Waals surface area contributed by atoms with Crippen LogP contribution in [0.1, 0.15) is 18.5 Å². The Morgan fingerprint density at radius 2 is 2.60 bits per heavy atom. The Kier molecular flexibility index (Phi) is 3.75. The summed E-state index contributed by atoms with van der Waals surface area (Å²) in [6.45, 7) is 3.47. The fraction of sp³-hybridized carbons (Fsp3) is 0.727. The van der Waals surface area contributed by atoms with Gasteiger partial charge >= 0.3 is 0 Å². The Morgan fingerprint density at radius 1 is 1.67 bits per heavy atom. The van der Waals surface area contributed by atoms with Crippen molar-refractivity contribution in [3.63, 3.8) is 0 Å². The van der Waals surface area contributed by atoms with Crippen molar-refractivity contribution in [2.75, 3.05) is 26.7 Å². The normalized spacial score (nSPS) is 23.1. The van der Waals surface area contributed by atoms with Gasteiger partial charge in [0.1, 0.15) is 0 Å². The second kappa shape index (κ2) is 5.28. The number of piperidine rings is 1. The van der Waals surface area contributed by atoms with E-state index in [-0.39, 0.29) is 0 Å². The van der Waals surface area contributed by atoms with Gasteiger partial charge < -0.3 is 15.2 Å². The molecule has 0 amide bonds. The zero-order valence-corrected chi connectivity index (χ0v) is 9.37. The van der Waals surface area contributed by atoms with Gasteiger partial charge in [-0.15, -0.1) is 0 Å². The molecule has 1 unspecified atom stereocenters. The van der Waals surface area contributed by atoms with Crippen molar-refractivity contribution in [2.24, 2.45) is 0 Å². The van der Waals surface area contributed by atoms with E-state index in [0.717, 1.165) is 13.0 Å². The number of H-pyrrole nitrogens is 1. The number of aromatic nitrogens is 2. The van der Waals surface area contributed by atoms with Gasteiger partial charge in [0.15, 0.2) is 0 Å². The van der Waals surface area contributed by atoms with Crippen molar-refractivity contribution < 1.29 is 0 Å². The van der Waals surface area contributed by atoms with Gasteiger partial charge in [0.2, 0.25) is 0 Å². The number of hydrogen-bond donors (Lipinski definition) is 2. The maximum absolute atomic E-state index is 4.01. The van der Waals surface area contributed by atoms with E-state index in [1.807, 2.05) is 6.20 Å². The maximum atomic E-state index is 4.01. The molecule has 84 valence electrons. The minimum Gasteiger partial charge on any atom is -0.348 e. The quantitative estimate of drug-likeness (QED) is 0.763. The van der Waals surface area contributed by atoms with Crippen LogP contribution < -0.4 is 5.32 Å². The zero-order valence-electron chi connectivity index (χ0n) is 9.37. The third-order valence-electron chi connectivity index (χ3n) is 3.01. The molecule has 1 aromatic heterocycles. The molecule has 2 rings (SSSR count). The maximum Gasteiger partial charge on any atom is 0.0921 e. The number of likely N-dealkylation sites (tertiary alicyclic amines) is 1. The third kappa shape index (κ3) is 3.32. The van der Waals surface area contributed by atoms with Gasteiger partial charge in [0.25, 0.3) is 0 Å². The molecule has 0 radical (unpaired) electrons. The molecule has 15 heavy (non-hydrogen) atoms. The summed E-state index contributed by atoms with van der Waals surface area (Å²) < 4.78 is 0. The number of likely N-dealkylation sites (N-methyl/N-ethyl adjacent to an activating group) is 1. The SMILES string of the molecule is CN1CCCC(NCCc2cnc[nH]2)C1. The Bertz CT molecular complexity index is 270. The number of rotatable bonds is 4. The van der Waals surface area contributed by atoms with Gasteiger partial charge in [0.05, 0.1) is 6.33 Å². The number of nitrogens with zero attached hydrogens (tertiary/aromatic N) is 2. The smallest absolute Gasteiger partial charge is 0.0921 e. The van der Waals surface area contributed by atoms with Crippen LogP contribution in [-0.2, 0) is 6.42 Å². The Balaban J connectivity index is 1.65. The first-order valence-electron chi connectivity index (χ1n) is 5.74. The van der Waals surface area contributed by atoms with Crippen LogP contribution >= 0.6 is 0 Å².